The van der Waals surface area contributed by atoms with Gasteiger partial charge in [0, 0.05) is 62.1 Å². The summed E-state index contributed by atoms with van der Waals surface area (Å²) in [6, 6.07) is 5.27. The van der Waals surface area contributed by atoms with Gasteiger partial charge in [-0.05, 0) is 75.1 Å². The Kier molecular flexibility index (Phi) is 30.0. The van der Waals surface area contributed by atoms with Gasteiger partial charge in [0.05, 0.1) is 54.9 Å². The molecule has 1 fully saturated rings. The standard InChI is InChI=1S/C59H84N2O17/c1-36-19-15-13-11-9-7-5-6-8-10-12-14-16-24-47(77-59-56(73)54(61)55(72)39(4)76-59)34-51(70)53(58(74)75)50(69)32-44(64)23-18-21-42(62)20-17-22-43(63)30-45(65)31-46(66)33-52(71)78-57(36)38(3)29-37(2)48(67)35-49(68)40-25-27-41(60)28-26-40/h5-16,19,24-28,36-39,42,45,47-48,50-51,53-57,59,62,65,67,69-70,72-73H,17-18,20-23,29-35,60-61H2,1-4H3,(H,74,75)/b6-5+,9-7+,10-8+,13-11+,14-12+,19-15+,24-16+/t36-,37-,38-,39+,42-,45?,47-,48-,50-,51-,53+,54-,55+,56-,57-,59-/m0/s1. The zero-order valence-electron chi connectivity index (χ0n) is 45.2. The average molecular weight is 1090 g/mol. The highest BCUT2D eigenvalue weighted by Crippen LogP contribution is 2.29. The lowest BCUT2D eigenvalue weighted by Gasteiger charge is -2.41. The Hall–Kier alpha value is -5.58. The van der Waals surface area contributed by atoms with Gasteiger partial charge in [-0.3, -0.25) is 28.8 Å². The van der Waals surface area contributed by atoms with Gasteiger partial charge in [0.1, 0.15) is 41.9 Å². The van der Waals surface area contributed by atoms with E-state index in [1.54, 1.807) is 104 Å². The number of aliphatic carboxylic acids is 1. The number of ether oxygens (including phenoxy) is 3. The number of carbonyl (C=O) groups excluding carboxylic acids is 5. The van der Waals surface area contributed by atoms with E-state index in [1.165, 1.54) is 13.0 Å². The first-order valence-electron chi connectivity index (χ1n) is 26.8. The monoisotopic (exact) mass is 1090 g/mol. The molecule has 3 rings (SSSR count). The van der Waals surface area contributed by atoms with E-state index in [9.17, 15) is 69.6 Å². The molecule has 0 saturated carbocycles. The molecule has 0 radical (unpaired) electrons. The second-order valence-electron chi connectivity index (χ2n) is 20.7. The van der Waals surface area contributed by atoms with Crippen LogP contribution in [0.5, 0.6) is 0 Å². The lowest BCUT2D eigenvalue weighted by Crippen LogP contribution is -2.61. The number of esters is 1. The van der Waals surface area contributed by atoms with Crippen molar-refractivity contribution in [3.05, 3.63) is 115 Å². The molecule has 19 heteroatoms. The van der Waals surface area contributed by atoms with E-state index in [1.807, 2.05) is 19.9 Å². The Morgan fingerprint density at radius 3 is 1.79 bits per heavy atom. The molecule has 1 saturated heterocycles. The number of hydrogen-bond donors (Lipinski definition) is 10. The van der Waals surface area contributed by atoms with E-state index in [0.29, 0.717) is 17.7 Å². The fraction of sp³-hybridized carbons (Fsp3) is 0.559. The second-order valence-corrected chi connectivity index (χ2v) is 20.7. The predicted octanol–water partition coefficient (Wildman–Crippen LogP) is 4.64. The molecule has 19 nitrogen and oxygen atoms in total. The molecular formula is C59H84N2O17. The Morgan fingerprint density at radius 2 is 1.23 bits per heavy atom. The maximum Gasteiger partial charge on any atom is 0.313 e. The number of anilines is 1. The molecule has 78 heavy (non-hydrogen) atoms. The third-order valence-corrected chi connectivity index (χ3v) is 13.8. The van der Waals surface area contributed by atoms with Crippen LogP contribution in [0.25, 0.3) is 0 Å². The fourth-order valence-corrected chi connectivity index (χ4v) is 9.28. The van der Waals surface area contributed by atoms with E-state index in [-0.39, 0.29) is 80.7 Å². The highest BCUT2D eigenvalue weighted by Gasteiger charge is 2.43. The zero-order chi connectivity index (χ0) is 57.9. The number of carboxylic acids is 1. The van der Waals surface area contributed by atoms with Gasteiger partial charge in [-0.25, -0.2) is 0 Å². The van der Waals surface area contributed by atoms with Crippen LogP contribution in [0.2, 0.25) is 0 Å². The summed E-state index contributed by atoms with van der Waals surface area (Å²) in [4.78, 5) is 77.2. The van der Waals surface area contributed by atoms with Crippen LogP contribution >= 0.6 is 0 Å². The molecule has 1 aromatic rings. The number of allylic oxidation sites excluding steroid dienone is 12. The number of aliphatic hydroxyl groups excluding tert-OH is 7. The van der Waals surface area contributed by atoms with Crippen molar-refractivity contribution in [2.75, 3.05) is 5.73 Å². The minimum absolute atomic E-state index is 0.0235. The number of carbonyl (C=O) groups is 6. The van der Waals surface area contributed by atoms with Crippen molar-refractivity contribution in [3.63, 3.8) is 0 Å². The van der Waals surface area contributed by atoms with Crippen molar-refractivity contribution in [3.8, 4) is 0 Å². The predicted molar refractivity (Wildman–Crippen MR) is 292 cm³/mol. The molecular weight excluding hydrogens is 1010 g/mol. The molecule has 432 valence electrons. The van der Waals surface area contributed by atoms with E-state index < -0.39 is 128 Å². The summed E-state index contributed by atoms with van der Waals surface area (Å²) < 4.78 is 17.5. The van der Waals surface area contributed by atoms with Gasteiger partial charge < -0.3 is 66.5 Å². The van der Waals surface area contributed by atoms with Crippen LogP contribution in [-0.4, -0.2) is 149 Å². The number of aliphatic hydroxyl groups is 7. The molecule has 2 aliphatic heterocycles. The van der Waals surface area contributed by atoms with Crippen LogP contribution in [0.15, 0.2) is 109 Å². The number of nitrogens with two attached hydrogens (primary N) is 2. The topological polar surface area (TPSA) is 344 Å². The van der Waals surface area contributed by atoms with Gasteiger partial charge in [0.15, 0.2) is 12.1 Å². The minimum atomic E-state index is -1.83. The van der Waals surface area contributed by atoms with Gasteiger partial charge in [-0.1, -0.05) is 106 Å². The first-order chi connectivity index (χ1) is 37.0. The van der Waals surface area contributed by atoms with Gasteiger partial charge in [-0.2, -0.15) is 0 Å². The highest BCUT2D eigenvalue weighted by molar-refractivity contribution is 5.97. The molecule has 0 bridgehead atoms. The van der Waals surface area contributed by atoms with Crippen molar-refractivity contribution in [1.29, 1.82) is 0 Å². The van der Waals surface area contributed by atoms with Gasteiger partial charge in [-0.15, -0.1) is 0 Å². The fourth-order valence-electron chi connectivity index (χ4n) is 9.28. The molecule has 12 N–H and O–H groups in total. The molecule has 0 aromatic heterocycles. The number of Topliss-reactive ketones (excluding diaryl/α,β-unsaturated/α-hetero) is 4. The quantitative estimate of drug-likeness (QED) is 0.0660. The summed E-state index contributed by atoms with van der Waals surface area (Å²) in [5.41, 5.74) is 12.7. The van der Waals surface area contributed by atoms with Crippen LogP contribution in [0.4, 0.5) is 5.69 Å². The summed E-state index contributed by atoms with van der Waals surface area (Å²) in [5.74, 6) is -7.14. The smallest absolute Gasteiger partial charge is 0.313 e. The number of ketones is 4. The van der Waals surface area contributed by atoms with Crippen LogP contribution < -0.4 is 11.5 Å². The lowest BCUT2D eigenvalue weighted by molar-refractivity contribution is -0.277. The first-order valence-corrected chi connectivity index (χ1v) is 26.8. The third kappa shape index (κ3) is 24.6. The Morgan fingerprint density at radius 1 is 0.705 bits per heavy atom. The molecule has 2 aliphatic rings. The molecule has 1 unspecified atom stereocenters. The van der Waals surface area contributed by atoms with E-state index in [4.69, 9.17) is 25.7 Å². The zero-order valence-corrected chi connectivity index (χ0v) is 45.2. The second kappa shape index (κ2) is 35.1. The summed E-state index contributed by atoms with van der Waals surface area (Å²) in [6.07, 6.45) is 8.65. The van der Waals surface area contributed by atoms with Crippen molar-refractivity contribution < 1.29 is 83.8 Å². The molecule has 2 heterocycles. The number of benzene rings is 1. The van der Waals surface area contributed by atoms with Crippen LogP contribution in [0.1, 0.15) is 122 Å². The minimum Gasteiger partial charge on any atom is -0.481 e. The number of cyclic esters (lactones) is 1. The van der Waals surface area contributed by atoms with E-state index in [0.717, 1.165) is 0 Å². The van der Waals surface area contributed by atoms with E-state index in [2.05, 4.69) is 0 Å². The Bertz CT molecular complexity index is 2270. The summed E-state index contributed by atoms with van der Waals surface area (Å²) in [7, 11) is 0. The molecule has 1 aromatic carbocycles. The number of carboxylic acid groups (broad SMARTS) is 1. The maximum absolute atomic E-state index is 13.3. The van der Waals surface area contributed by atoms with Crippen molar-refractivity contribution in [1.82, 2.24) is 0 Å². The highest BCUT2D eigenvalue weighted by atomic mass is 16.7. The van der Waals surface area contributed by atoms with Gasteiger partial charge in [0.2, 0.25) is 0 Å². The average Bonchev–Trinajstić information content (AvgIpc) is 3.36. The van der Waals surface area contributed by atoms with Crippen LogP contribution in [0.3, 0.4) is 0 Å². The normalized spacial score (nSPS) is 34.0. The van der Waals surface area contributed by atoms with E-state index >= 15 is 0 Å². The third-order valence-electron chi connectivity index (χ3n) is 13.8. The Balaban J connectivity index is 1.81. The molecule has 16 atom stereocenters. The molecule has 0 aliphatic carbocycles. The summed E-state index contributed by atoms with van der Waals surface area (Å²) >= 11 is 0. The number of hydrogen-bond acceptors (Lipinski definition) is 18. The Labute approximate surface area is 457 Å². The van der Waals surface area contributed by atoms with Gasteiger partial charge in [0.25, 0.3) is 0 Å². The molecule has 0 amide bonds. The van der Waals surface area contributed by atoms with Crippen molar-refractivity contribution in [2.24, 2.45) is 29.4 Å². The first kappa shape index (κ1) is 66.7. The number of rotatable bonds is 10. The van der Waals surface area contributed by atoms with Crippen LogP contribution in [0, 0.1) is 23.7 Å². The van der Waals surface area contributed by atoms with Gasteiger partial charge >= 0.3 is 11.9 Å². The molecule has 0 spiro atoms. The maximum atomic E-state index is 13.3. The summed E-state index contributed by atoms with van der Waals surface area (Å²) in [6.45, 7) is 7.02. The van der Waals surface area contributed by atoms with Crippen LogP contribution in [-0.2, 0) is 38.2 Å². The van der Waals surface area contributed by atoms with Crippen molar-refractivity contribution in [2.45, 2.75) is 185 Å². The SMILES string of the molecule is C[C@H]1/C=C/C=C/C=C/C=C/C=C/C=C/C=C/[C@H](O[C@@H]2O[C@H](C)[C@@H](O)[C@H](N)[C@@H]2O)C[C@H](O)[C@H](C(=O)O)[C@@H](O)CC(=O)CCC[C@@H](O)CCCC(=O)CC(O)CC(=O)CC(=O)O[C@@H]1[C@@H](C)C[C@H](C)[C@@H](O)CC(=O)c1ccc(N)cc1. The summed E-state index contributed by atoms with van der Waals surface area (Å²) in [5, 5.41) is 85.5. The number of nitrogen functional groups attached to an aromatic ring is 1. The largest absolute Gasteiger partial charge is 0.481 e. The van der Waals surface area contributed by atoms with Crippen molar-refractivity contribution >= 4 is 40.8 Å². The lowest BCUT2D eigenvalue weighted by atomic mass is 9.83.